The third kappa shape index (κ3) is 15.6. The molecule has 0 aromatic heterocycles. The van der Waals surface area contributed by atoms with E-state index in [1.807, 2.05) is 73.2 Å². The molecular formula is C60H72ClN9O11. The van der Waals surface area contributed by atoms with Crippen molar-refractivity contribution < 1.29 is 52.6 Å². The van der Waals surface area contributed by atoms with Crippen molar-refractivity contribution in [1.82, 2.24) is 25.8 Å². The van der Waals surface area contributed by atoms with Gasteiger partial charge in [0.25, 0.3) is 17.7 Å². The molecule has 9 amide bonds. The molecule has 3 atom stereocenters. The summed E-state index contributed by atoms with van der Waals surface area (Å²) in [7, 11) is 1.54. The van der Waals surface area contributed by atoms with E-state index in [0.29, 0.717) is 105 Å². The summed E-state index contributed by atoms with van der Waals surface area (Å²) in [5.41, 5.74) is 10.1. The summed E-state index contributed by atoms with van der Waals surface area (Å²) in [4.78, 5) is 111. The molecule has 6 N–H and O–H groups in total. The van der Waals surface area contributed by atoms with Crippen molar-refractivity contribution in [3.05, 3.63) is 107 Å². The van der Waals surface area contributed by atoms with Gasteiger partial charge in [-0.05, 0) is 99.9 Å². The molecule has 0 aliphatic carbocycles. The van der Waals surface area contributed by atoms with Crippen molar-refractivity contribution in [2.24, 2.45) is 10.7 Å². The summed E-state index contributed by atoms with van der Waals surface area (Å²) < 4.78 is 18.3. The number of imide groups is 1. The van der Waals surface area contributed by atoms with E-state index in [1.165, 1.54) is 17.7 Å². The summed E-state index contributed by atoms with van der Waals surface area (Å²) in [6.07, 6.45) is 11.4. The smallest absolute Gasteiger partial charge is 0.312 e. The van der Waals surface area contributed by atoms with Gasteiger partial charge in [0.2, 0.25) is 23.6 Å². The molecule has 4 aromatic rings. The van der Waals surface area contributed by atoms with Crippen LogP contribution in [0.3, 0.4) is 0 Å². The molecule has 3 heterocycles. The minimum Gasteiger partial charge on any atom is -0.493 e. The Morgan fingerprint density at radius 1 is 0.840 bits per heavy atom. The van der Waals surface area contributed by atoms with Crippen LogP contribution in [0.25, 0.3) is 10.8 Å². The van der Waals surface area contributed by atoms with E-state index in [0.717, 1.165) is 38.9 Å². The molecule has 81 heavy (non-hydrogen) atoms. The van der Waals surface area contributed by atoms with Gasteiger partial charge in [-0.3, -0.25) is 43.5 Å². The predicted octanol–water partition coefficient (Wildman–Crippen LogP) is 8.07. The van der Waals surface area contributed by atoms with E-state index in [1.54, 1.807) is 43.5 Å². The highest BCUT2D eigenvalue weighted by atomic mass is 35.5. The zero-order valence-electron chi connectivity index (χ0n) is 46.4. The number of carbonyl (C=O) groups is 8. The van der Waals surface area contributed by atoms with Crippen LogP contribution in [0.1, 0.15) is 119 Å². The fraction of sp³-hybridized carbons (Fsp3) is 0.417. The molecule has 0 saturated heterocycles. The zero-order valence-corrected chi connectivity index (χ0v) is 47.1. The van der Waals surface area contributed by atoms with Gasteiger partial charge in [0.1, 0.15) is 18.4 Å². The Kier molecular flexibility index (Phi) is 21.4. The van der Waals surface area contributed by atoms with Crippen LogP contribution in [0, 0.1) is 0 Å². The first-order valence-corrected chi connectivity index (χ1v) is 28.0. The maximum atomic E-state index is 14.1. The summed E-state index contributed by atoms with van der Waals surface area (Å²) >= 11 is 6.18. The summed E-state index contributed by atoms with van der Waals surface area (Å²) in [6, 6.07) is 18.5. The quantitative estimate of drug-likeness (QED) is 0.0256. The molecule has 0 radical (unpaired) electrons. The molecule has 0 saturated carbocycles. The van der Waals surface area contributed by atoms with Crippen molar-refractivity contribution in [2.45, 2.75) is 116 Å². The molecule has 3 aliphatic heterocycles. The molecule has 21 heteroatoms. The molecule has 7 rings (SSSR count). The van der Waals surface area contributed by atoms with Gasteiger partial charge in [-0.15, -0.1) is 0 Å². The second-order valence-corrected chi connectivity index (χ2v) is 20.5. The Bertz CT molecular complexity index is 3060. The number of rotatable bonds is 29. The second kappa shape index (κ2) is 28.8. The van der Waals surface area contributed by atoms with Crippen LogP contribution in [0.5, 0.6) is 17.2 Å². The summed E-state index contributed by atoms with van der Waals surface area (Å²) in [5.74, 6) is -0.936. The molecular weight excluding hydrogens is 1060 g/mol. The van der Waals surface area contributed by atoms with Crippen molar-refractivity contribution in [3.63, 3.8) is 0 Å². The molecule has 0 bridgehead atoms. The molecule has 0 fully saturated rings. The number of amides is 9. The Morgan fingerprint density at radius 3 is 2.27 bits per heavy atom. The Balaban J connectivity index is 0.921. The average molecular weight is 1130 g/mol. The normalized spacial score (nSPS) is 16.8. The third-order valence-electron chi connectivity index (χ3n) is 14.7. The number of primary amides is 1. The minimum atomic E-state index is -1.02. The van der Waals surface area contributed by atoms with Gasteiger partial charge < -0.3 is 51.0 Å². The molecule has 3 aliphatic rings. The number of fused-ring (bicyclic) bond motifs is 4. The first-order valence-electron chi connectivity index (χ1n) is 27.6. The number of ether oxygens (including phenoxy) is 3. The average Bonchev–Trinajstić information content (AvgIpc) is 4.20. The number of nitrogens with zero attached hydrogens (tertiary/aromatic N) is 4. The van der Waals surface area contributed by atoms with E-state index in [-0.39, 0.29) is 74.5 Å². The number of hydrogen-bond acceptors (Lipinski definition) is 12. The lowest BCUT2D eigenvalue weighted by molar-refractivity contribution is -0.137. The lowest BCUT2D eigenvalue weighted by atomic mass is 9.94. The Labute approximate surface area is 476 Å². The van der Waals surface area contributed by atoms with E-state index >= 15 is 0 Å². The van der Waals surface area contributed by atoms with E-state index in [4.69, 9.17) is 36.5 Å². The number of benzene rings is 4. The van der Waals surface area contributed by atoms with E-state index < -0.39 is 29.4 Å². The largest absolute Gasteiger partial charge is 0.493 e. The van der Waals surface area contributed by atoms with Gasteiger partial charge >= 0.3 is 6.03 Å². The van der Waals surface area contributed by atoms with Gasteiger partial charge in [-0.25, -0.2) is 4.79 Å². The van der Waals surface area contributed by atoms with Gasteiger partial charge in [-0.1, -0.05) is 67.4 Å². The van der Waals surface area contributed by atoms with Crippen molar-refractivity contribution in [1.29, 1.82) is 0 Å². The van der Waals surface area contributed by atoms with Crippen LogP contribution < -0.4 is 46.1 Å². The first-order chi connectivity index (χ1) is 39.1. The van der Waals surface area contributed by atoms with Crippen molar-refractivity contribution in [2.75, 3.05) is 56.7 Å². The lowest BCUT2D eigenvalue weighted by Crippen LogP contribution is -2.49. The van der Waals surface area contributed by atoms with Crippen LogP contribution in [0.4, 0.5) is 21.9 Å². The molecule has 4 aromatic carbocycles. The summed E-state index contributed by atoms with van der Waals surface area (Å²) in [6.45, 7) is 7.54. The van der Waals surface area contributed by atoms with Crippen LogP contribution in [0.2, 0.25) is 0 Å². The monoisotopic (exact) mass is 1130 g/mol. The molecule has 0 spiro atoms. The van der Waals surface area contributed by atoms with Crippen molar-refractivity contribution >= 4 is 93.0 Å². The lowest BCUT2D eigenvalue weighted by Gasteiger charge is -2.36. The molecule has 430 valence electrons. The number of aliphatic imine (C=N–C) groups is 1. The van der Waals surface area contributed by atoms with Gasteiger partial charge in [-0.2, -0.15) is 0 Å². The fourth-order valence-electron chi connectivity index (χ4n) is 10.1. The van der Waals surface area contributed by atoms with Crippen LogP contribution in [-0.4, -0.2) is 121 Å². The van der Waals surface area contributed by atoms with Gasteiger partial charge in [0.15, 0.2) is 11.5 Å². The standard InChI is InChI=1S/C60H72ClN9O11/c1-5-60(3)38-65-46-33-50(49(79-4)32-44(46)58(77)70(60)6-2)80-31-14-8-10-20-53(73)69-36-40(27-28-61)56-43-17-12-11-16-42(43)48(34-47(56)69)81-37-39-21-23-41(24-22-39)66-57(76)45(18-15-29-63-59(62)78)67-52(72)35-64-51(71)19-9-7-13-30-68-54(74)25-26-55(68)75/h11-12,16-17,21-28,32-34,38,40,45H,5-10,13-15,18-20,29-31,35-37H2,1-4H3,(H,64,71)(H,66,76)(H,67,72)(H3,62,63,78)/b28-27+/t40?,45-,60-/m0/s1. The van der Waals surface area contributed by atoms with Gasteiger partial charge in [0.05, 0.1) is 42.7 Å². The van der Waals surface area contributed by atoms with Gasteiger partial charge in [0, 0.05) is 92.0 Å². The first kappa shape index (κ1) is 60.4. The second-order valence-electron chi connectivity index (χ2n) is 20.3. The minimum absolute atomic E-state index is 0.0288. The number of anilines is 2. The zero-order chi connectivity index (χ0) is 58.1. The number of methoxy groups -OCH3 is 1. The maximum Gasteiger partial charge on any atom is 0.312 e. The number of nitrogens with two attached hydrogens (primary N) is 1. The van der Waals surface area contributed by atoms with Crippen LogP contribution >= 0.6 is 11.6 Å². The predicted molar refractivity (Wildman–Crippen MR) is 310 cm³/mol. The number of hydrogen-bond donors (Lipinski definition) is 5. The molecule has 1 unspecified atom stereocenters. The SMILES string of the molecule is CCN1C(=O)c2cc(OC)c(OCCCCCC(=O)N3CC(/C=C/Cl)c4c3cc(OCc3ccc(NC(=O)[C@H](CCCNC(N)=O)NC(=O)CNC(=O)CCCCCN5C(=O)C=CC5=O)cc3)c3ccccc43)cc2N=C[C@]1(C)CC. The topological polar surface area (TPSA) is 260 Å². The Morgan fingerprint density at radius 2 is 1.57 bits per heavy atom. The number of urea groups is 1. The highest BCUT2D eigenvalue weighted by molar-refractivity contribution is 6.25. The van der Waals surface area contributed by atoms with Crippen molar-refractivity contribution in [3.8, 4) is 17.2 Å². The van der Waals surface area contributed by atoms with E-state index in [9.17, 15) is 38.4 Å². The number of nitrogens with one attached hydrogen (secondary N) is 4. The highest BCUT2D eigenvalue weighted by Crippen LogP contribution is 2.46. The highest BCUT2D eigenvalue weighted by Gasteiger charge is 2.37. The number of halogens is 1. The fourth-order valence-corrected chi connectivity index (χ4v) is 10.3. The third-order valence-corrected chi connectivity index (χ3v) is 14.9. The number of unbranched alkanes of at least 4 members (excludes halogenated alkanes) is 4. The molecule has 20 nitrogen and oxygen atoms in total. The Hall–Kier alpha value is -8.26. The van der Waals surface area contributed by atoms with Crippen LogP contribution in [-0.2, 0) is 35.4 Å². The van der Waals surface area contributed by atoms with Crippen LogP contribution in [0.15, 0.2) is 95.5 Å². The maximum absolute atomic E-state index is 14.1. The van der Waals surface area contributed by atoms with E-state index in [2.05, 4.69) is 21.3 Å². The number of carbonyl (C=O) groups excluding carboxylic acids is 8. The summed E-state index contributed by atoms with van der Waals surface area (Å²) in [5, 5.41) is 12.4.